The number of aliphatic hydroxyl groups excluding tert-OH is 1. The number of amides is 2. The van der Waals surface area contributed by atoms with Gasteiger partial charge in [0.05, 0.1) is 24.5 Å². The summed E-state index contributed by atoms with van der Waals surface area (Å²) < 4.78 is 1.70. The highest BCUT2D eigenvalue weighted by atomic mass is 16.3. The molecule has 122 valence electrons. The van der Waals surface area contributed by atoms with Crippen molar-refractivity contribution >= 4 is 11.8 Å². The zero-order valence-corrected chi connectivity index (χ0v) is 13.1. The summed E-state index contributed by atoms with van der Waals surface area (Å²) in [6, 6.07) is 7.23. The predicted molar refractivity (Wildman–Crippen MR) is 85.9 cm³/mol. The first-order valence-electron chi connectivity index (χ1n) is 7.79. The largest absolute Gasteiger partial charge is 0.391 e. The third-order valence-electron chi connectivity index (χ3n) is 4.20. The Bertz CT molecular complexity index is 658. The van der Waals surface area contributed by atoms with Gasteiger partial charge in [0.15, 0.2) is 0 Å². The average molecular weight is 315 g/mol. The number of β-amino-alcohol motifs (C(OH)–C–C–N with tert-alkyl or cyclic N) is 1. The van der Waals surface area contributed by atoms with E-state index in [0.29, 0.717) is 25.5 Å². The lowest BCUT2D eigenvalue weighted by Gasteiger charge is -2.34. The van der Waals surface area contributed by atoms with Crippen LogP contribution < -0.4 is 5.32 Å². The molecule has 2 amide bonds. The molecule has 0 aliphatic carbocycles. The fourth-order valence-corrected chi connectivity index (χ4v) is 2.63. The number of nitrogens with zero attached hydrogens (tertiary/aromatic N) is 4. The maximum absolute atomic E-state index is 12.4. The van der Waals surface area contributed by atoms with Gasteiger partial charge in [-0.05, 0) is 24.5 Å². The smallest absolute Gasteiger partial charge is 0.323 e. The molecule has 2 aromatic rings. The molecule has 3 heterocycles. The van der Waals surface area contributed by atoms with Gasteiger partial charge in [0, 0.05) is 25.4 Å². The summed E-state index contributed by atoms with van der Waals surface area (Å²) in [6.07, 6.45) is 3.72. The number of carbonyl (C=O) groups is 1. The lowest BCUT2D eigenvalue weighted by Crippen LogP contribution is -2.47. The minimum atomic E-state index is -0.465. The Kier molecular flexibility index (Phi) is 4.57. The van der Waals surface area contributed by atoms with Crippen LogP contribution in [0.2, 0.25) is 0 Å². The van der Waals surface area contributed by atoms with Crippen molar-refractivity contribution in [1.29, 1.82) is 0 Å². The Labute approximate surface area is 134 Å². The van der Waals surface area contributed by atoms with Crippen molar-refractivity contribution in [1.82, 2.24) is 19.7 Å². The molecule has 7 nitrogen and oxygen atoms in total. The first-order chi connectivity index (χ1) is 11.1. The molecular formula is C16H21N5O2. The Morgan fingerprint density at radius 3 is 3.00 bits per heavy atom. The summed E-state index contributed by atoms with van der Waals surface area (Å²) in [5, 5.41) is 17.0. The van der Waals surface area contributed by atoms with Gasteiger partial charge in [-0.2, -0.15) is 5.10 Å². The summed E-state index contributed by atoms with van der Waals surface area (Å²) in [7, 11) is 0. The minimum absolute atomic E-state index is 0.210. The summed E-state index contributed by atoms with van der Waals surface area (Å²) in [5.41, 5.74) is 0.869. The maximum Gasteiger partial charge on any atom is 0.323 e. The fraction of sp³-hybridized carbons (Fsp3) is 0.438. The van der Waals surface area contributed by atoms with Crippen LogP contribution >= 0.6 is 0 Å². The predicted octanol–water partition coefficient (Wildman–Crippen LogP) is 1.56. The van der Waals surface area contributed by atoms with Crippen molar-refractivity contribution in [2.24, 2.45) is 5.92 Å². The second-order valence-corrected chi connectivity index (χ2v) is 5.90. The normalized spacial score (nSPS) is 21.2. The number of piperidine rings is 1. The average Bonchev–Trinajstić information content (AvgIpc) is 2.98. The van der Waals surface area contributed by atoms with Gasteiger partial charge in [0.25, 0.3) is 0 Å². The number of rotatable bonds is 3. The molecule has 2 atom stereocenters. The van der Waals surface area contributed by atoms with Gasteiger partial charge >= 0.3 is 6.03 Å². The van der Waals surface area contributed by atoms with Crippen LogP contribution in [0.15, 0.2) is 36.7 Å². The maximum atomic E-state index is 12.4. The van der Waals surface area contributed by atoms with Crippen LogP contribution in [0, 0.1) is 5.92 Å². The number of likely N-dealkylation sites (tertiary alicyclic amines) is 1. The van der Waals surface area contributed by atoms with Crippen LogP contribution in [-0.4, -0.2) is 50.0 Å². The van der Waals surface area contributed by atoms with Gasteiger partial charge in [0.2, 0.25) is 0 Å². The molecule has 23 heavy (non-hydrogen) atoms. The zero-order chi connectivity index (χ0) is 16.2. The molecule has 2 unspecified atom stereocenters. The Morgan fingerprint density at radius 1 is 1.39 bits per heavy atom. The Morgan fingerprint density at radius 2 is 2.26 bits per heavy atom. The third kappa shape index (κ3) is 3.68. The van der Waals surface area contributed by atoms with Crippen molar-refractivity contribution in [3.8, 4) is 0 Å². The molecule has 0 spiro atoms. The lowest BCUT2D eigenvalue weighted by molar-refractivity contribution is 0.0463. The highest BCUT2D eigenvalue weighted by Crippen LogP contribution is 2.18. The highest BCUT2D eigenvalue weighted by molar-refractivity contribution is 5.88. The van der Waals surface area contributed by atoms with Gasteiger partial charge < -0.3 is 10.0 Å². The zero-order valence-electron chi connectivity index (χ0n) is 13.1. The van der Waals surface area contributed by atoms with E-state index in [9.17, 15) is 9.90 Å². The van der Waals surface area contributed by atoms with Crippen molar-refractivity contribution in [2.75, 3.05) is 18.4 Å². The Hall–Kier alpha value is -2.41. The molecule has 1 aliphatic heterocycles. The van der Waals surface area contributed by atoms with Gasteiger partial charge in [-0.25, -0.2) is 9.48 Å². The Balaban J connectivity index is 1.64. The molecule has 1 saturated heterocycles. The number of pyridine rings is 1. The topological polar surface area (TPSA) is 83.3 Å². The second kappa shape index (κ2) is 6.78. The van der Waals surface area contributed by atoms with E-state index in [2.05, 4.69) is 15.4 Å². The van der Waals surface area contributed by atoms with Crippen LogP contribution in [-0.2, 0) is 6.54 Å². The number of aromatic nitrogens is 3. The van der Waals surface area contributed by atoms with Gasteiger partial charge in [-0.15, -0.1) is 0 Å². The van der Waals surface area contributed by atoms with E-state index in [1.807, 2.05) is 25.1 Å². The van der Waals surface area contributed by atoms with Crippen molar-refractivity contribution in [3.05, 3.63) is 42.4 Å². The first kappa shape index (κ1) is 15.5. The number of aliphatic hydroxyl groups is 1. The quantitative estimate of drug-likeness (QED) is 0.900. The van der Waals surface area contributed by atoms with Crippen LogP contribution in [0.3, 0.4) is 0 Å². The van der Waals surface area contributed by atoms with Crippen molar-refractivity contribution in [2.45, 2.75) is 26.0 Å². The van der Waals surface area contributed by atoms with Crippen LogP contribution in [0.1, 0.15) is 19.0 Å². The van der Waals surface area contributed by atoms with E-state index in [-0.39, 0.29) is 11.9 Å². The van der Waals surface area contributed by atoms with E-state index < -0.39 is 6.10 Å². The molecule has 0 aromatic carbocycles. The van der Waals surface area contributed by atoms with Crippen molar-refractivity contribution < 1.29 is 9.90 Å². The molecule has 2 aromatic heterocycles. The highest BCUT2D eigenvalue weighted by Gasteiger charge is 2.27. The third-order valence-corrected chi connectivity index (χ3v) is 4.20. The van der Waals surface area contributed by atoms with E-state index in [1.165, 1.54) is 0 Å². The van der Waals surface area contributed by atoms with Gasteiger partial charge in [-0.1, -0.05) is 13.0 Å². The molecule has 0 radical (unpaired) electrons. The number of anilines is 1. The molecule has 0 saturated carbocycles. The number of nitrogens with one attached hydrogen (secondary N) is 1. The number of urea groups is 1. The van der Waals surface area contributed by atoms with E-state index in [0.717, 1.165) is 12.1 Å². The summed E-state index contributed by atoms with van der Waals surface area (Å²) in [6.45, 7) is 3.50. The van der Waals surface area contributed by atoms with E-state index in [4.69, 9.17) is 0 Å². The van der Waals surface area contributed by atoms with Crippen LogP contribution in [0.5, 0.6) is 0 Å². The lowest BCUT2D eigenvalue weighted by atomic mass is 9.96. The molecular weight excluding hydrogens is 294 g/mol. The SMILES string of the molecule is CC1CCN(C(=O)Nc2ccnn2Cc2ccccn2)CC1O. The number of carbonyl (C=O) groups excluding carboxylic acids is 1. The molecule has 3 rings (SSSR count). The molecule has 1 fully saturated rings. The number of hydrogen-bond acceptors (Lipinski definition) is 4. The number of hydrogen-bond donors (Lipinski definition) is 2. The van der Waals surface area contributed by atoms with Crippen molar-refractivity contribution in [3.63, 3.8) is 0 Å². The van der Waals surface area contributed by atoms with Crippen LogP contribution in [0.4, 0.5) is 10.6 Å². The van der Waals surface area contributed by atoms with Crippen LogP contribution in [0.25, 0.3) is 0 Å². The van der Waals surface area contributed by atoms with E-state index >= 15 is 0 Å². The van der Waals surface area contributed by atoms with Gasteiger partial charge in [0.1, 0.15) is 5.82 Å². The fourth-order valence-electron chi connectivity index (χ4n) is 2.63. The molecule has 7 heteroatoms. The minimum Gasteiger partial charge on any atom is -0.391 e. The summed E-state index contributed by atoms with van der Waals surface area (Å²) in [5.74, 6) is 0.850. The summed E-state index contributed by atoms with van der Waals surface area (Å²) >= 11 is 0. The van der Waals surface area contributed by atoms with E-state index in [1.54, 1.807) is 28.0 Å². The standard InChI is InChI=1S/C16H21N5O2/c1-12-6-9-20(11-14(12)22)16(23)19-15-5-8-18-21(15)10-13-4-2-3-7-17-13/h2-5,7-8,12,14,22H,6,9-11H2,1H3,(H,19,23). The second-order valence-electron chi connectivity index (χ2n) is 5.90. The monoisotopic (exact) mass is 315 g/mol. The molecule has 2 N–H and O–H groups in total. The first-order valence-corrected chi connectivity index (χ1v) is 7.79. The molecule has 1 aliphatic rings. The van der Waals surface area contributed by atoms with Gasteiger partial charge in [-0.3, -0.25) is 10.3 Å². The molecule has 0 bridgehead atoms. The summed E-state index contributed by atoms with van der Waals surface area (Å²) in [4.78, 5) is 18.3.